The summed E-state index contributed by atoms with van der Waals surface area (Å²) < 4.78 is 0.978. The van der Waals surface area contributed by atoms with Crippen molar-refractivity contribution in [2.24, 2.45) is 0 Å². The van der Waals surface area contributed by atoms with Crippen LogP contribution in [0.2, 0.25) is 0 Å². The van der Waals surface area contributed by atoms with Gasteiger partial charge in [-0.2, -0.15) is 5.10 Å². The van der Waals surface area contributed by atoms with Crippen molar-refractivity contribution in [1.29, 1.82) is 0 Å². The summed E-state index contributed by atoms with van der Waals surface area (Å²) in [5.74, 6) is -0.199. The topological polar surface area (TPSA) is 80.9 Å². The van der Waals surface area contributed by atoms with E-state index in [-0.39, 0.29) is 5.91 Å². The second-order valence-electron chi connectivity index (χ2n) is 4.41. The van der Waals surface area contributed by atoms with Crippen LogP contribution in [0.1, 0.15) is 15.2 Å². The number of nitrogens with one attached hydrogen (secondary N) is 1. The first-order valence-electron chi connectivity index (χ1n) is 6.17. The van der Waals surface area contributed by atoms with Gasteiger partial charge in [-0.05, 0) is 23.8 Å². The average Bonchev–Trinajstić information content (AvgIpc) is 2.83. The highest BCUT2D eigenvalue weighted by molar-refractivity contribution is 9.10. The molecule has 1 amide bonds. The van der Waals surface area contributed by atoms with E-state index >= 15 is 0 Å². The van der Waals surface area contributed by atoms with E-state index in [4.69, 9.17) is 5.73 Å². The molecular weight excluding hydrogens is 352 g/mol. The second-order valence-corrected chi connectivity index (χ2v) is 6.32. The molecule has 0 unspecified atom stereocenters. The average molecular weight is 363 g/mol. The van der Waals surface area contributed by atoms with Crippen molar-refractivity contribution < 1.29 is 4.79 Å². The predicted molar refractivity (Wildman–Crippen MR) is 87.1 cm³/mol. The lowest BCUT2D eigenvalue weighted by atomic mass is 10.2. The molecule has 0 spiro atoms. The summed E-state index contributed by atoms with van der Waals surface area (Å²) in [5.41, 5.74) is 7.47. The van der Waals surface area contributed by atoms with Gasteiger partial charge in [0, 0.05) is 16.4 Å². The van der Waals surface area contributed by atoms with Crippen molar-refractivity contribution in [3.8, 4) is 0 Å². The van der Waals surface area contributed by atoms with Crippen LogP contribution in [-0.2, 0) is 6.54 Å². The van der Waals surface area contributed by atoms with Gasteiger partial charge in [-0.15, -0.1) is 16.4 Å². The third-order valence-corrected chi connectivity index (χ3v) is 4.57. The van der Waals surface area contributed by atoms with Crippen LogP contribution in [0.4, 0.5) is 5.69 Å². The predicted octanol–water partition coefficient (Wildman–Crippen LogP) is 2.97. The molecule has 3 aromatic rings. The lowest BCUT2D eigenvalue weighted by molar-refractivity contribution is 0.0956. The standard InChI is InChI=1S/C14H11BrN4OS/c15-9-3-1-2-8(6-9)7-17-13(20)12-11(16)10-4-5-18-19-14(10)21-12/h1-6H,7,16H2,(H,17,20). The number of benzene rings is 1. The molecule has 0 saturated carbocycles. The van der Waals surface area contributed by atoms with Crippen LogP contribution in [0.25, 0.3) is 10.2 Å². The number of nitrogens with zero attached hydrogens (tertiary/aromatic N) is 2. The molecule has 21 heavy (non-hydrogen) atoms. The Kier molecular flexibility index (Phi) is 3.85. The number of amides is 1. The Balaban J connectivity index is 1.79. The number of rotatable bonds is 3. The Morgan fingerprint density at radius 2 is 2.24 bits per heavy atom. The van der Waals surface area contributed by atoms with Crippen LogP contribution < -0.4 is 11.1 Å². The molecule has 0 radical (unpaired) electrons. The van der Waals surface area contributed by atoms with Gasteiger partial charge in [-0.1, -0.05) is 28.1 Å². The van der Waals surface area contributed by atoms with Gasteiger partial charge in [0.15, 0.2) is 0 Å². The van der Waals surface area contributed by atoms with E-state index in [1.165, 1.54) is 11.3 Å². The summed E-state index contributed by atoms with van der Waals surface area (Å²) in [4.78, 5) is 13.4. The summed E-state index contributed by atoms with van der Waals surface area (Å²) in [6.07, 6.45) is 1.56. The van der Waals surface area contributed by atoms with Crippen LogP contribution in [-0.4, -0.2) is 16.1 Å². The number of nitrogens with two attached hydrogens (primary N) is 1. The maximum Gasteiger partial charge on any atom is 0.263 e. The summed E-state index contributed by atoms with van der Waals surface area (Å²) in [7, 11) is 0. The number of hydrogen-bond acceptors (Lipinski definition) is 5. The van der Waals surface area contributed by atoms with Gasteiger partial charge in [0.25, 0.3) is 5.91 Å². The first-order valence-corrected chi connectivity index (χ1v) is 7.78. The van der Waals surface area contributed by atoms with E-state index in [1.807, 2.05) is 24.3 Å². The number of carbonyl (C=O) groups excluding carboxylic acids is 1. The number of aromatic nitrogens is 2. The Labute approximate surface area is 133 Å². The molecule has 0 aliphatic rings. The molecule has 3 rings (SSSR count). The molecule has 0 fully saturated rings. The molecule has 2 heterocycles. The highest BCUT2D eigenvalue weighted by Gasteiger charge is 2.16. The molecule has 1 aromatic carbocycles. The highest BCUT2D eigenvalue weighted by atomic mass is 79.9. The van der Waals surface area contributed by atoms with Crippen molar-refractivity contribution in [2.45, 2.75) is 6.54 Å². The van der Waals surface area contributed by atoms with E-state index in [2.05, 4.69) is 31.4 Å². The zero-order valence-electron chi connectivity index (χ0n) is 10.8. The largest absolute Gasteiger partial charge is 0.397 e. The second kappa shape index (κ2) is 5.79. The van der Waals surface area contributed by atoms with Crippen LogP contribution in [0.15, 0.2) is 41.0 Å². The Hall–Kier alpha value is -1.99. The molecule has 5 nitrogen and oxygen atoms in total. The zero-order valence-corrected chi connectivity index (χ0v) is 13.2. The first-order chi connectivity index (χ1) is 10.1. The third-order valence-electron chi connectivity index (χ3n) is 2.97. The quantitative estimate of drug-likeness (QED) is 0.750. The minimum atomic E-state index is -0.199. The lowest BCUT2D eigenvalue weighted by Crippen LogP contribution is -2.22. The summed E-state index contributed by atoms with van der Waals surface area (Å²) >= 11 is 4.65. The fourth-order valence-corrected chi connectivity index (χ4v) is 3.35. The molecule has 106 valence electrons. The minimum Gasteiger partial charge on any atom is -0.397 e. The number of halogens is 1. The van der Waals surface area contributed by atoms with Gasteiger partial charge in [0.05, 0.1) is 11.9 Å². The van der Waals surface area contributed by atoms with E-state index in [0.29, 0.717) is 21.9 Å². The lowest BCUT2D eigenvalue weighted by Gasteiger charge is -2.05. The smallest absolute Gasteiger partial charge is 0.263 e. The number of carbonyl (C=O) groups is 1. The van der Waals surface area contributed by atoms with Gasteiger partial charge >= 0.3 is 0 Å². The van der Waals surface area contributed by atoms with E-state index in [0.717, 1.165) is 15.4 Å². The van der Waals surface area contributed by atoms with Crippen molar-refractivity contribution in [3.63, 3.8) is 0 Å². The van der Waals surface area contributed by atoms with Crippen molar-refractivity contribution in [3.05, 3.63) is 51.4 Å². The third kappa shape index (κ3) is 2.88. The molecule has 0 aliphatic carbocycles. The van der Waals surface area contributed by atoms with Crippen LogP contribution >= 0.6 is 27.3 Å². The number of anilines is 1. The molecule has 0 atom stereocenters. The number of hydrogen-bond donors (Lipinski definition) is 2. The van der Waals surface area contributed by atoms with Crippen LogP contribution in [0.5, 0.6) is 0 Å². The normalized spacial score (nSPS) is 10.7. The summed E-state index contributed by atoms with van der Waals surface area (Å²) in [5, 5.41) is 11.4. The van der Waals surface area contributed by atoms with Gasteiger partial charge in [0.2, 0.25) is 0 Å². The fourth-order valence-electron chi connectivity index (χ4n) is 1.95. The van der Waals surface area contributed by atoms with E-state index in [9.17, 15) is 4.79 Å². The van der Waals surface area contributed by atoms with Crippen molar-refractivity contribution >= 4 is 49.1 Å². The van der Waals surface area contributed by atoms with E-state index in [1.54, 1.807) is 12.3 Å². The molecule has 7 heteroatoms. The van der Waals surface area contributed by atoms with Gasteiger partial charge in [0.1, 0.15) is 9.71 Å². The number of fused-ring (bicyclic) bond motifs is 1. The highest BCUT2D eigenvalue weighted by Crippen LogP contribution is 2.31. The zero-order chi connectivity index (χ0) is 14.8. The Morgan fingerprint density at radius 3 is 3.00 bits per heavy atom. The van der Waals surface area contributed by atoms with Gasteiger partial charge in [-0.3, -0.25) is 4.79 Å². The maximum absolute atomic E-state index is 12.3. The maximum atomic E-state index is 12.3. The molecule has 0 aliphatic heterocycles. The SMILES string of the molecule is Nc1c(C(=O)NCc2cccc(Br)c2)sc2nnccc12. The van der Waals surface area contributed by atoms with E-state index < -0.39 is 0 Å². The molecule has 2 aromatic heterocycles. The minimum absolute atomic E-state index is 0.199. The Bertz CT molecular complexity index is 818. The summed E-state index contributed by atoms with van der Waals surface area (Å²) in [6.45, 7) is 0.442. The fraction of sp³-hybridized carbons (Fsp3) is 0.0714. The molecule has 0 saturated heterocycles. The monoisotopic (exact) mass is 362 g/mol. The van der Waals surface area contributed by atoms with Crippen LogP contribution in [0, 0.1) is 0 Å². The summed E-state index contributed by atoms with van der Waals surface area (Å²) in [6, 6.07) is 9.53. The number of nitrogen functional groups attached to an aromatic ring is 1. The molecule has 3 N–H and O–H groups in total. The first kappa shape index (κ1) is 14.0. The molecular formula is C14H11BrN4OS. The molecule has 0 bridgehead atoms. The van der Waals surface area contributed by atoms with Gasteiger partial charge < -0.3 is 11.1 Å². The van der Waals surface area contributed by atoms with Crippen molar-refractivity contribution in [1.82, 2.24) is 15.5 Å². The van der Waals surface area contributed by atoms with Gasteiger partial charge in [-0.25, -0.2) is 0 Å². The Morgan fingerprint density at radius 1 is 1.38 bits per heavy atom. The number of thiophene rings is 1. The van der Waals surface area contributed by atoms with Crippen LogP contribution in [0.3, 0.4) is 0 Å². The van der Waals surface area contributed by atoms with Crippen molar-refractivity contribution in [2.75, 3.05) is 5.73 Å².